The Morgan fingerprint density at radius 2 is 2.17 bits per heavy atom. The minimum atomic E-state index is -0.616. The van der Waals surface area contributed by atoms with E-state index in [9.17, 15) is 5.11 Å². The Balaban J connectivity index is 2.33. The van der Waals surface area contributed by atoms with E-state index in [-0.39, 0.29) is 5.76 Å². The second kappa shape index (κ2) is 1.75. The molecule has 0 saturated heterocycles. The SMILES string of the molecule is OC1=Cc2cccc3c2OC1O3. The van der Waals surface area contributed by atoms with E-state index in [1.54, 1.807) is 6.08 Å². The van der Waals surface area contributed by atoms with E-state index in [1.807, 2.05) is 18.2 Å². The smallest absolute Gasteiger partial charge is 0.299 e. The predicted molar refractivity (Wildman–Crippen MR) is 42.1 cm³/mol. The molecule has 1 unspecified atom stereocenters. The lowest BCUT2D eigenvalue weighted by molar-refractivity contribution is 0.0438. The maximum Gasteiger partial charge on any atom is 0.299 e. The van der Waals surface area contributed by atoms with Crippen LogP contribution < -0.4 is 9.47 Å². The summed E-state index contributed by atoms with van der Waals surface area (Å²) in [6.45, 7) is 0. The number of rotatable bonds is 0. The van der Waals surface area contributed by atoms with E-state index in [0.29, 0.717) is 5.75 Å². The van der Waals surface area contributed by atoms with Gasteiger partial charge in [-0.15, -0.1) is 0 Å². The number of aliphatic hydroxyl groups excluding tert-OH is 1. The summed E-state index contributed by atoms with van der Waals surface area (Å²) in [4.78, 5) is 0. The highest BCUT2D eigenvalue weighted by Gasteiger charge is 2.33. The fourth-order valence-corrected chi connectivity index (χ4v) is 1.46. The molecule has 0 amide bonds. The van der Waals surface area contributed by atoms with Crippen LogP contribution in [0.2, 0.25) is 0 Å². The third-order valence-corrected chi connectivity index (χ3v) is 2.01. The number of aliphatic hydroxyl groups is 1. The molecule has 1 aromatic carbocycles. The van der Waals surface area contributed by atoms with Crippen molar-refractivity contribution in [2.75, 3.05) is 0 Å². The van der Waals surface area contributed by atoms with Gasteiger partial charge in [-0.05, 0) is 12.1 Å². The van der Waals surface area contributed by atoms with Crippen LogP contribution in [0.1, 0.15) is 5.56 Å². The van der Waals surface area contributed by atoms with Crippen molar-refractivity contribution < 1.29 is 14.6 Å². The molecule has 1 atom stereocenters. The van der Waals surface area contributed by atoms with Crippen LogP contribution in [0.3, 0.4) is 0 Å². The van der Waals surface area contributed by atoms with Gasteiger partial charge in [-0.2, -0.15) is 0 Å². The molecule has 0 aliphatic carbocycles. The van der Waals surface area contributed by atoms with Crippen LogP contribution in [-0.4, -0.2) is 11.4 Å². The minimum Gasteiger partial charge on any atom is -0.505 e. The average Bonchev–Trinajstić information content (AvgIpc) is 2.46. The molecule has 12 heavy (non-hydrogen) atoms. The van der Waals surface area contributed by atoms with Crippen LogP contribution >= 0.6 is 0 Å². The van der Waals surface area contributed by atoms with Crippen molar-refractivity contribution >= 4 is 6.08 Å². The van der Waals surface area contributed by atoms with Gasteiger partial charge in [-0.1, -0.05) is 12.1 Å². The van der Waals surface area contributed by atoms with Gasteiger partial charge < -0.3 is 14.6 Å². The number of hydrogen-bond acceptors (Lipinski definition) is 3. The quantitative estimate of drug-likeness (QED) is 0.631. The summed E-state index contributed by atoms with van der Waals surface area (Å²) in [5, 5.41) is 9.36. The summed E-state index contributed by atoms with van der Waals surface area (Å²) in [6, 6.07) is 5.57. The summed E-state index contributed by atoms with van der Waals surface area (Å²) in [7, 11) is 0. The summed E-state index contributed by atoms with van der Waals surface area (Å²) >= 11 is 0. The van der Waals surface area contributed by atoms with Crippen LogP contribution in [0.4, 0.5) is 0 Å². The number of fused-ring (bicyclic) bond motifs is 1. The zero-order valence-electron chi connectivity index (χ0n) is 6.15. The average molecular weight is 162 g/mol. The normalized spacial score (nSPS) is 22.7. The van der Waals surface area contributed by atoms with Crippen molar-refractivity contribution in [3.8, 4) is 11.5 Å². The Labute approximate surface area is 68.8 Å². The molecule has 1 aromatic rings. The highest BCUT2D eigenvalue weighted by Crippen LogP contribution is 2.43. The molecule has 3 heteroatoms. The van der Waals surface area contributed by atoms with E-state index in [1.165, 1.54) is 0 Å². The zero-order chi connectivity index (χ0) is 8.13. The van der Waals surface area contributed by atoms with Crippen molar-refractivity contribution in [1.82, 2.24) is 0 Å². The lowest BCUT2D eigenvalue weighted by Crippen LogP contribution is -2.22. The van der Waals surface area contributed by atoms with Gasteiger partial charge in [0.2, 0.25) is 0 Å². The van der Waals surface area contributed by atoms with E-state index in [4.69, 9.17) is 9.47 Å². The first-order valence-corrected chi connectivity index (χ1v) is 3.71. The van der Waals surface area contributed by atoms with Crippen molar-refractivity contribution in [3.63, 3.8) is 0 Å². The first-order valence-electron chi connectivity index (χ1n) is 3.71. The predicted octanol–water partition coefficient (Wildman–Crippen LogP) is 1.70. The highest BCUT2D eigenvalue weighted by atomic mass is 16.7. The summed E-state index contributed by atoms with van der Waals surface area (Å²) < 4.78 is 10.6. The molecular formula is C9H6O3. The van der Waals surface area contributed by atoms with Gasteiger partial charge in [0.25, 0.3) is 6.29 Å². The van der Waals surface area contributed by atoms with Gasteiger partial charge in [0.1, 0.15) is 0 Å². The Morgan fingerprint density at radius 1 is 1.25 bits per heavy atom. The van der Waals surface area contributed by atoms with Gasteiger partial charge in [-0.3, -0.25) is 0 Å². The second-order valence-electron chi connectivity index (χ2n) is 2.81. The third-order valence-electron chi connectivity index (χ3n) is 2.01. The van der Waals surface area contributed by atoms with Gasteiger partial charge in [-0.25, -0.2) is 0 Å². The first-order chi connectivity index (χ1) is 5.84. The number of hydrogen-bond donors (Lipinski definition) is 1. The van der Waals surface area contributed by atoms with E-state index < -0.39 is 6.29 Å². The molecule has 3 rings (SSSR count). The van der Waals surface area contributed by atoms with E-state index >= 15 is 0 Å². The largest absolute Gasteiger partial charge is 0.505 e. The minimum absolute atomic E-state index is 0.128. The van der Waals surface area contributed by atoms with Crippen molar-refractivity contribution in [2.45, 2.75) is 6.29 Å². The van der Waals surface area contributed by atoms with Gasteiger partial charge >= 0.3 is 0 Å². The fourth-order valence-electron chi connectivity index (χ4n) is 1.46. The summed E-state index contributed by atoms with van der Waals surface area (Å²) in [5.41, 5.74) is 0.874. The maximum absolute atomic E-state index is 9.36. The van der Waals surface area contributed by atoms with E-state index in [0.717, 1.165) is 11.3 Å². The summed E-state index contributed by atoms with van der Waals surface area (Å²) in [6.07, 6.45) is 1.05. The molecule has 0 saturated carbocycles. The number of benzene rings is 1. The van der Waals surface area contributed by atoms with Crippen molar-refractivity contribution in [3.05, 3.63) is 29.5 Å². The Morgan fingerprint density at radius 3 is 3.08 bits per heavy atom. The lowest BCUT2D eigenvalue weighted by Gasteiger charge is -2.12. The topological polar surface area (TPSA) is 38.7 Å². The Hall–Kier alpha value is -1.64. The molecular weight excluding hydrogens is 156 g/mol. The van der Waals surface area contributed by atoms with Gasteiger partial charge in [0.05, 0.1) is 0 Å². The molecule has 0 fully saturated rings. The number of para-hydroxylation sites is 1. The van der Waals surface area contributed by atoms with Crippen LogP contribution in [0.5, 0.6) is 11.5 Å². The Kier molecular flexibility index (Phi) is 0.864. The van der Waals surface area contributed by atoms with Crippen molar-refractivity contribution in [1.29, 1.82) is 0 Å². The monoisotopic (exact) mass is 162 g/mol. The van der Waals surface area contributed by atoms with Crippen LogP contribution in [0, 0.1) is 0 Å². The Bertz CT molecular complexity index is 379. The number of ether oxygens (including phenoxy) is 2. The highest BCUT2D eigenvalue weighted by molar-refractivity contribution is 5.67. The van der Waals surface area contributed by atoms with Crippen LogP contribution in [0.25, 0.3) is 6.08 Å². The molecule has 1 N–H and O–H groups in total. The van der Waals surface area contributed by atoms with Gasteiger partial charge in [0.15, 0.2) is 17.3 Å². The molecule has 2 bridgehead atoms. The third kappa shape index (κ3) is 0.563. The zero-order valence-corrected chi connectivity index (χ0v) is 6.15. The molecule has 0 aromatic heterocycles. The lowest BCUT2D eigenvalue weighted by atomic mass is 10.1. The molecule has 3 nitrogen and oxygen atoms in total. The fraction of sp³-hybridized carbons (Fsp3) is 0.111. The maximum atomic E-state index is 9.36. The molecule has 2 aliphatic heterocycles. The molecule has 60 valence electrons. The first kappa shape index (κ1) is 5.94. The molecule has 0 radical (unpaired) electrons. The summed E-state index contributed by atoms with van der Waals surface area (Å²) in [5.74, 6) is 1.57. The van der Waals surface area contributed by atoms with Crippen LogP contribution in [0.15, 0.2) is 24.0 Å². The standard InChI is InChI=1S/C9H6O3/c10-6-4-5-2-1-3-7-8(5)12-9(6)11-7/h1-4,9-10H. The van der Waals surface area contributed by atoms with Gasteiger partial charge in [0, 0.05) is 5.56 Å². The molecule has 0 spiro atoms. The van der Waals surface area contributed by atoms with E-state index in [2.05, 4.69) is 0 Å². The molecule has 2 heterocycles. The van der Waals surface area contributed by atoms with Crippen LogP contribution in [-0.2, 0) is 0 Å². The molecule has 2 aliphatic rings. The van der Waals surface area contributed by atoms with Crippen molar-refractivity contribution in [2.24, 2.45) is 0 Å². The second-order valence-corrected chi connectivity index (χ2v) is 2.81.